The van der Waals surface area contributed by atoms with Gasteiger partial charge in [0, 0.05) is 17.8 Å². The molecule has 0 fully saturated rings. The van der Waals surface area contributed by atoms with Gasteiger partial charge in [-0.1, -0.05) is 124 Å². The van der Waals surface area contributed by atoms with E-state index < -0.39 is 0 Å². The molecule has 0 atom stereocenters. The van der Waals surface area contributed by atoms with Gasteiger partial charge in [0.25, 0.3) is 0 Å². The van der Waals surface area contributed by atoms with Crippen LogP contribution in [0.2, 0.25) is 0 Å². The number of rotatable bonds is 22. The highest BCUT2D eigenvalue weighted by Gasteiger charge is 2.14. The Balaban J connectivity index is 2.74. The summed E-state index contributed by atoms with van der Waals surface area (Å²) in [6.45, 7) is 8.98. The molecule has 32 heavy (non-hydrogen) atoms. The van der Waals surface area contributed by atoms with Gasteiger partial charge in [0.05, 0.1) is 0 Å². The first-order chi connectivity index (χ1) is 15.8. The number of aromatic nitrogens is 2. The van der Waals surface area contributed by atoms with E-state index in [4.69, 9.17) is 9.97 Å². The maximum atomic E-state index is 5.02. The summed E-state index contributed by atoms with van der Waals surface area (Å²) < 4.78 is 0. The van der Waals surface area contributed by atoms with Crippen molar-refractivity contribution >= 4 is 0 Å². The van der Waals surface area contributed by atoms with E-state index in [-0.39, 0.29) is 0 Å². The summed E-state index contributed by atoms with van der Waals surface area (Å²) in [4.78, 5) is 10.0. The average Bonchev–Trinajstić information content (AvgIpc) is 2.81. The summed E-state index contributed by atoms with van der Waals surface area (Å²) in [6.07, 6.45) is 29.9. The maximum absolute atomic E-state index is 5.02. The fraction of sp³-hybridized carbons (Fsp3) is 0.833. The lowest BCUT2D eigenvalue weighted by molar-refractivity contribution is 0.585. The van der Waals surface area contributed by atoms with Gasteiger partial charge in [0.2, 0.25) is 0 Å². The predicted molar refractivity (Wildman–Crippen MR) is 142 cm³/mol. The lowest BCUT2D eigenvalue weighted by atomic mass is 9.96. The van der Waals surface area contributed by atoms with E-state index in [9.17, 15) is 0 Å². The summed E-state index contributed by atoms with van der Waals surface area (Å²) in [6, 6.07) is 0. The lowest BCUT2D eigenvalue weighted by Gasteiger charge is -2.16. The molecule has 185 valence electrons. The normalized spacial score (nSPS) is 11.4. The molecule has 0 aliphatic carbocycles. The zero-order chi connectivity index (χ0) is 23.3. The minimum Gasteiger partial charge on any atom is -0.237 e. The Morgan fingerprint density at radius 1 is 0.469 bits per heavy atom. The van der Waals surface area contributed by atoms with Crippen molar-refractivity contribution in [3.63, 3.8) is 0 Å². The standard InChI is InChI=1S/C30H55N2/c1-5-9-12-15-18-21-24-27-28(25-22-19-16-13-10-6-2)31-30(8-4)32-29(27)26-23-20-17-14-11-7-3/h8H,5-7,9-26H2,1-4H3. The van der Waals surface area contributed by atoms with Crippen LogP contribution in [0.4, 0.5) is 0 Å². The monoisotopic (exact) mass is 443 g/mol. The van der Waals surface area contributed by atoms with Crippen LogP contribution >= 0.6 is 0 Å². The fourth-order valence-electron chi connectivity index (χ4n) is 4.66. The van der Waals surface area contributed by atoms with Crippen molar-refractivity contribution in [1.82, 2.24) is 9.97 Å². The van der Waals surface area contributed by atoms with Crippen LogP contribution in [0.1, 0.15) is 166 Å². The third-order valence-electron chi connectivity index (χ3n) is 6.77. The predicted octanol–water partition coefficient (Wildman–Crippen LogP) is 9.76. The van der Waals surface area contributed by atoms with E-state index in [0.29, 0.717) is 0 Å². The van der Waals surface area contributed by atoms with Gasteiger partial charge in [-0.3, -0.25) is 0 Å². The molecule has 1 aromatic rings. The second-order valence-corrected chi connectivity index (χ2v) is 9.80. The topological polar surface area (TPSA) is 25.8 Å². The molecule has 0 spiro atoms. The molecule has 0 saturated heterocycles. The third kappa shape index (κ3) is 13.6. The highest BCUT2D eigenvalue weighted by Crippen LogP contribution is 2.22. The Kier molecular flexibility index (Phi) is 18.8. The lowest BCUT2D eigenvalue weighted by Crippen LogP contribution is -2.10. The van der Waals surface area contributed by atoms with Crippen LogP contribution in [-0.4, -0.2) is 9.97 Å². The molecule has 0 aromatic carbocycles. The van der Waals surface area contributed by atoms with Gasteiger partial charge in [-0.15, -0.1) is 0 Å². The van der Waals surface area contributed by atoms with E-state index in [1.165, 1.54) is 139 Å². The molecule has 2 nitrogen and oxygen atoms in total. The summed E-state index contributed by atoms with van der Waals surface area (Å²) in [5, 5.41) is 0. The first-order valence-electron chi connectivity index (χ1n) is 14.4. The van der Waals surface area contributed by atoms with Gasteiger partial charge in [0.15, 0.2) is 0 Å². The number of nitrogens with zero attached hydrogens (tertiary/aromatic N) is 2. The molecule has 1 heterocycles. The minimum absolute atomic E-state index is 0.957. The first kappa shape index (κ1) is 29.1. The van der Waals surface area contributed by atoms with Crippen LogP contribution < -0.4 is 0 Å². The SMILES string of the molecule is C[CH]c1nc(CCCCCCCC)c(CCCCCCCC)c(CCCCCCCC)n1. The van der Waals surface area contributed by atoms with Gasteiger partial charge < -0.3 is 0 Å². The molecular formula is C30H55N2. The number of unbranched alkanes of at least 4 members (excludes halogenated alkanes) is 15. The smallest absolute Gasteiger partial charge is 0.132 e. The molecule has 0 aliphatic rings. The van der Waals surface area contributed by atoms with E-state index in [2.05, 4.69) is 34.1 Å². The quantitative estimate of drug-likeness (QED) is 0.167. The molecule has 0 N–H and O–H groups in total. The zero-order valence-corrected chi connectivity index (χ0v) is 22.3. The van der Waals surface area contributed by atoms with Crippen molar-refractivity contribution < 1.29 is 0 Å². The Labute approximate surface area is 201 Å². The number of hydrogen-bond acceptors (Lipinski definition) is 2. The largest absolute Gasteiger partial charge is 0.237 e. The van der Waals surface area contributed by atoms with Crippen LogP contribution in [0.25, 0.3) is 0 Å². The second kappa shape index (κ2) is 20.7. The maximum Gasteiger partial charge on any atom is 0.132 e. The van der Waals surface area contributed by atoms with Crippen LogP contribution in [0.3, 0.4) is 0 Å². The molecule has 1 rings (SSSR count). The minimum atomic E-state index is 0.957. The molecule has 1 radical (unpaired) electrons. The van der Waals surface area contributed by atoms with Gasteiger partial charge in [-0.25, -0.2) is 9.97 Å². The van der Waals surface area contributed by atoms with Crippen molar-refractivity contribution in [2.45, 2.75) is 163 Å². The summed E-state index contributed by atoms with van der Waals surface area (Å²) in [5.74, 6) is 0.957. The molecule has 0 saturated carbocycles. The third-order valence-corrected chi connectivity index (χ3v) is 6.77. The van der Waals surface area contributed by atoms with Crippen LogP contribution in [-0.2, 0) is 19.3 Å². The van der Waals surface area contributed by atoms with Crippen LogP contribution in [0.15, 0.2) is 0 Å². The molecule has 2 heteroatoms. The average molecular weight is 444 g/mol. The molecule has 0 bridgehead atoms. The van der Waals surface area contributed by atoms with Crippen LogP contribution in [0, 0.1) is 6.42 Å². The number of aryl methyl sites for hydroxylation is 2. The molecular weight excluding hydrogens is 388 g/mol. The summed E-state index contributed by atoms with van der Waals surface area (Å²) >= 11 is 0. The fourth-order valence-corrected chi connectivity index (χ4v) is 4.66. The zero-order valence-electron chi connectivity index (χ0n) is 22.3. The summed E-state index contributed by atoms with van der Waals surface area (Å²) in [7, 11) is 0. The van der Waals surface area contributed by atoms with Crippen LogP contribution in [0.5, 0.6) is 0 Å². The summed E-state index contributed by atoms with van der Waals surface area (Å²) in [5.41, 5.74) is 4.27. The van der Waals surface area contributed by atoms with Gasteiger partial charge in [-0.05, 0) is 44.1 Å². The Morgan fingerprint density at radius 3 is 1.19 bits per heavy atom. The molecule has 1 aromatic heterocycles. The molecule has 0 aliphatic heterocycles. The first-order valence-corrected chi connectivity index (χ1v) is 14.4. The Morgan fingerprint density at radius 2 is 0.812 bits per heavy atom. The van der Waals surface area contributed by atoms with Crippen molar-refractivity contribution in [2.24, 2.45) is 0 Å². The van der Waals surface area contributed by atoms with Gasteiger partial charge in [-0.2, -0.15) is 0 Å². The van der Waals surface area contributed by atoms with E-state index >= 15 is 0 Å². The molecule has 0 amide bonds. The van der Waals surface area contributed by atoms with E-state index in [1.807, 2.05) is 0 Å². The highest BCUT2D eigenvalue weighted by molar-refractivity contribution is 5.28. The Bertz CT molecular complexity index is 515. The number of hydrogen-bond donors (Lipinski definition) is 0. The van der Waals surface area contributed by atoms with Crippen molar-refractivity contribution in [3.05, 3.63) is 29.2 Å². The van der Waals surface area contributed by atoms with E-state index in [1.54, 1.807) is 0 Å². The Hall–Kier alpha value is -0.920. The molecule has 0 unspecified atom stereocenters. The van der Waals surface area contributed by atoms with Gasteiger partial charge in [0.1, 0.15) is 5.82 Å². The van der Waals surface area contributed by atoms with E-state index in [0.717, 1.165) is 18.7 Å². The van der Waals surface area contributed by atoms with Crippen molar-refractivity contribution in [2.75, 3.05) is 0 Å². The van der Waals surface area contributed by atoms with Gasteiger partial charge >= 0.3 is 0 Å². The highest BCUT2D eigenvalue weighted by atomic mass is 14.9. The van der Waals surface area contributed by atoms with Crippen molar-refractivity contribution in [3.8, 4) is 0 Å². The second-order valence-electron chi connectivity index (χ2n) is 9.80. The van der Waals surface area contributed by atoms with Crippen molar-refractivity contribution in [1.29, 1.82) is 0 Å².